The minimum atomic E-state index is -0.0689. The maximum atomic E-state index is 12.1. The van der Waals surface area contributed by atoms with Crippen molar-refractivity contribution in [3.63, 3.8) is 0 Å². The van der Waals surface area contributed by atoms with Crippen LogP contribution in [0.4, 0.5) is 5.69 Å². The van der Waals surface area contributed by atoms with Crippen LogP contribution >= 0.6 is 24.0 Å². The van der Waals surface area contributed by atoms with Crippen molar-refractivity contribution in [2.24, 2.45) is 4.99 Å². The number of isothiocyanates is 1. The molecule has 0 atom stereocenters. The third-order valence-corrected chi connectivity index (χ3v) is 3.49. The summed E-state index contributed by atoms with van der Waals surface area (Å²) in [5.74, 6) is 0. The van der Waals surface area contributed by atoms with Gasteiger partial charge in [-0.15, -0.1) is 0 Å². The monoisotopic (exact) mass is 296 g/mol. The summed E-state index contributed by atoms with van der Waals surface area (Å²) in [6, 6.07) is 15.7. The van der Waals surface area contributed by atoms with Gasteiger partial charge in [0.15, 0.2) is 0 Å². The van der Waals surface area contributed by atoms with E-state index in [9.17, 15) is 4.79 Å². The topological polar surface area (TPSA) is 53.2 Å². The van der Waals surface area contributed by atoms with Gasteiger partial charge in [0.25, 0.3) is 0 Å². The maximum Gasteiger partial charge on any atom is 0.224 e. The van der Waals surface area contributed by atoms with E-state index in [1.807, 2.05) is 6.07 Å². The molecule has 0 aliphatic rings. The van der Waals surface area contributed by atoms with Gasteiger partial charge in [-0.1, -0.05) is 0 Å². The summed E-state index contributed by atoms with van der Waals surface area (Å²) in [5, 5.41) is 10.9. The van der Waals surface area contributed by atoms with Crippen molar-refractivity contribution in [1.82, 2.24) is 0 Å². The highest BCUT2D eigenvalue weighted by molar-refractivity contribution is 8.14. The fourth-order valence-corrected chi connectivity index (χ4v) is 2.33. The fourth-order valence-electron chi connectivity index (χ4n) is 1.49. The molecule has 0 radical (unpaired) electrons. The Hall–Kier alpha value is -2.25. The molecule has 0 saturated heterocycles. The molecule has 0 bridgehead atoms. The SMILES string of the molecule is N#Cc1ccc(C(=O)Sc2ccc(N=C=S)cc2)cc1. The minimum Gasteiger partial charge on any atom is -0.281 e. The van der Waals surface area contributed by atoms with Crippen molar-refractivity contribution < 1.29 is 4.79 Å². The van der Waals surface area contributed by atoms with E-state index in [4.69, 9.17) is 5.26 Å². The highest BCUT2D eigenvalue weighted by atomic mass is 32.2. The fraction of sp³-hybridized carbons (Fsp3) is 0. The van der Waals surface area contributed by atoms with Crippen molar-refractivity contribution in [2.75, 3.05) is 0 Å². The molecule has 0 amide bonds. The van der Waals surface area contributed by atoms with Gasteiger partial charge in [0, 0.05) is 10.5 Å². The van der Waals surface area contributed by atoms with Crippen LogP contribution in [0, 0.1) is 11.3 Å². The molecule has 2 aromatic rings. The third-order valence-electron chi connectivity index (χ3n) is 2.47. The summed E-state index contributed by atoms with van der Waals surface area (Å²) >= 11 is 5.65. The molecule has 0 heterocycles. The molecule has 0 spiro atoms. The second kappa shape index (κ2) is 6.78. The second-order valence-corrected chi connectivity index (χ2v) is 5.00. The Morgan fingerprint density at radius 3 is 2.30 bits per heavy atom. The van der Waals surface area contributed by atoms with E-state index in [0.29, 0.717) is 16.8 Å². The van der Waals surface area contributed by atoms with Gasteiger partial charge >= 0.3 is 0 Å². The number of benzene rings is 2. The minimum absolute atomic E-state index is 0.0689. The van der Waals surface area contributed by atoms with Crippen molar-refractivity contribution in [3.8, 4) is 6.07 Å². The first-order valence-corrected chi connectivity index (χ1v) is 6.85. The molecule has 0 fully saturated rings. The lowest BCUT2D eigenvalue weighted by molar-refractivity contribution is 0.108. The largest absolute Gasteiger partial charge is 0.281 e. The Morgan fingerprint density at radius 1 is 1.10 bits per heavy atom. The molecule has 2 rings (SSSR count). The number of hydrogen-bond acceptors (Lipinski definition) is 5. The number of carbonyl (C=O) groups is 1. The molecule has 0 unspecified atom stereocenters. The lowest BCUT2D eigenvalue weighted by Crippen LogP contribution is -1.92. The molecular weight excluding hydrogens is 288 g/mol. The van der Waals surface area contributed by atoms with E-state index in [1.165, 1.54) is 0 Å². The van der Waals surface area contributed by atoms with Crippen molar-refractivity contribution in [2.45, 2.75) is 4.90 Å². The van der Waals surface area contributed by atoms with E-state index < -0.39 is 0 Å². The summed E-state index contributed by atoms with van der Waals surface area (Å²) in [7, 11) is 0. The smallest absolute Gasteiger partial charge is 0.224 e. The van der Waals surface area contributed by atoms with Gasteiger partial charge < -0.3 is 0 Å². The second-order valence-electron chi connectivity index (χ2n) is 3.78. The lowest BCUT2D eigenvalue weighted by atomic mass is 10.2. The third kappa shape index (κ3) is 3.62. The van der Waals surface area contributed by atoms with Gasteiger partial charge in [0.05, 0.1) is 22.5 Å². The molecule has 3 nitrogen and oxygen atoms in total. The van der Waals surface area contributed by atoms with Crippen LogP contribution in [-0.2, 0) is 0 Å². The van der Waals surface area contributed by atoms with E-state index in [1.54, 1.807) is 48.5 Å². The van der Waals surface area contributed by atoms with Crippen molar-refractivity contribution >= 4 is 39.9 Å². The number of rotatable bonds is 3. The Bertz CT molecular complexity index is 709. The van der Waals surface area contributed by atoms with Gasteiger partial charge in [-0.25, -0.2) is 0 Å². The lowest BCUT2D eigenvalue weighted by Gasteiger charge is -2.01. The number of hydrogen-bond donors (Lipinski definition) is 0. The number of thioether (sulfide) groups is 1. The molecule has 5 heteroatoms. The van der Waals surface area contributed by atoms with E-state index in [0.717, 1.165) is 16.7 Å². The number of nitrogens with zero attached hydrogens (tertiary/aromatic N) is 2. The Kier molecular flexibility index (Phi) is 4.80. The highest BCUT2D eigenvalue weighted by Crippen LogP contribution is 2.25. The Morgan fingerprint density at radius 2 is 1.75 bits per heavy atom. The van der Waals surface area contributed by atoms with Gasteiger partial charge in [-0.2, -0.15) is 10.3 Å². The van der Waals surface area contributed by atoms with Gasteiger partial charge in [0.1, 0.15) is 0 Å². The predicted molar refractivity (Wildman–Crippen MR) is 82.5 cm³/mol. The standard InChI is InChI=1S/C15H8N2OS2/c16-9-11-1-3-12(4-2-11)15(18)20-14-7-5-13(6-8-14)17-10-19/h1-8H. The summed E-state index contributed by atoms with van der Waals surface area (Å²) < 4.78 is 0. The quantitative estimate of drug-likeness (QED) is 0.483. The average Bonchev–Trinajstić information content (AvgIpc) is 2.49. The van der Waals surface area contributed by atoms with Gasteiger partial charge in [-0.05, 0) is 72.5 Å². The number of aliphatic imine (C=N–C) groups is 1. The molecule has 2 aromatic carbocycles. The Balaban J connectivity index is 2.10. The molecular formula is C15H8N2OS2. The summed E-state index contributed by atoms with van der Waals surface area (Å²) in [4.78, 5) is 16.7. The van der Waals surface area contributed by atoms with E-state index >= 15 is 0 Å². The number of nitriles is 1. The van der Waals surface area contributed by atoms with Crippen molar-refractivity contribution in [1.29, 1.82) is 5.26 Å². The van der Waals surface area contributed by atoms with Crippen molar-refractivity contribution in [3.05, 3.63) is 59.7 Å². The van der Waals surface area contributed by atoms with Gasteiger partial charge in [0.2, 0.25) is 5.12 Å². The first kappa shape index (κ1) is 14.2. The van der Waals surface area contributed by atoms with Crippen LogP contribution in [0.25, 0.3) is 0 Å². The van der Waals surface area contributed by atoms with Gasteiger partial charge in [-0.3, -0.25) is 4.79 Å². The predicted octanol–water partition coefficient (Wildman–Crippen LogP) is 4.23. The molecule has 0 saturated carbocycles. The first-order valence-electron chi connectivity index (χ1n) is 5.63. The normalized spacial score (nSPS) is 9.35. The zero-order valence-corrected chi connectivity index (χ0v) is 11.9. The molecule has 0 N–H and O–H groups in total. The number of thiocarbonyl (C=S) groups is 1. The van der Waals surface area contributed by atoms with Crippen LogP contribution in [0.1, 0.15) is 15.9 Å². The van der Waals surface area contributed by atoms with E-state index in [-0.39, 0.29) is 5.12 Å². The van der Waals surface area contributed by atoms with Crippen LogP contribution in [0.2, 0.25) is 0 Å². The summed E-state index contributed by atoms with van der Waals surface area (Å²) in [6.07, 6.45) is 0. The van der Waals surface area contributed by atoms with E-state index in [2.05, 4.69) is 22.4 Å². The number of carbonyl (C=O) groups excluding carboxylic acids is 1. The highest BCUT2D eigenvalue weighted by Gasteiger charge is 2.08. The molecule has 20 heavy (non-hydrogen) atoms. The van der Waals surface area contributed by atoms with Crippen LogP contribution < -0.4 is 0 Å². The van der Waals surface area contributed by atoms with Crippen LogP contribution in [0.5, 0.6) is 0 Å². The van der Waals surface area contributed by atoms with Crippen LogP contribution in [0.3, 0.4) is 0 Å². The summed E-state index contributed by atoms with van der Waals surface area (Å²) in [6.45, 7) is 0. The van der Waals surface area contributed by atoms with Crippen LogP contribution in [-0.4, -0.2) is 10.3 Å². The molecule has 0 aliphatic carbocycles. The van der Waals surface area contributed by atoms with Crippen LogP contribution in [0.15, 0.2) is 58.4 Å². The zero-order chi connectivity index (χ0) is 14.4. The average molecular weight is 296 g/mol. The molecule has 0 aliphatic heterocycles. The first-order chi connectivity index (χ1) is 9.72. The maximum absolute atomic E-state index is 12.1. The summed E-state index contributed by atoms with van der Waals surface area (Å²) in [5.41, 5.74) is 1.80. The molecule has 96 valence electrons. The zero-order valence-electron chi connectivity index (χ0n) is 10.2. The molecule has 0 aromatic heterocycles. The Labute approximate surface area is 126 Å².